The highest BCUT2D eigenvalue weighted by atomic mass is 32.2. The van der Waals surface area contributed by atoms with Crippen LogP contribution in [0, 0.1) is 18.6 Å². The molecule has 0 radical (unpaired) electrons. The maximum Gasteiger partial charge on any atom is 0.262 e. The van der Waals surface area contributed by atoms with E-state index in [4.69, 9.17) is 0 Å². The zero-order valence-electron chi connectivity index (χ0n) is 12.4. The van der Waals surface area contributed by atoms with Crippen molar-refractivity contribution < 1.29 is 22.0 Å². The summed E-state index contributed by atoms with van der Waals surface area (Å²) in [6, 6.07) is 6.49. The molecule has 2 N–H and O–H groups in total. The Kier molecular flexibility index (Phi) is 4.65. The predicted octanol–water partition coefficient (Wildman–Crippen LogP) is 3.03. The molecule has 0 aliphatic rings. The number of aryl methyl sites for hydroxylation is 1. The van der Waals surface area contributed by atoms with Crippen LogP contribution in [0.1, 0.15) is 12.5 Å². The van der Waals surface area contributed by atoms with Gasteiger partial charge in [0.15, 0.2) is 0 Å². The molecule has 0 aromatic heterocycles. The number of rotatable bonds is 4. The van der Waals surface area contributed by atoms with Gasteiger partial charge in [-0.05, 0) is 42.8 Å². The molecule has 0 atom stereocenters. The number of carbonyl (C=O) groups excluding carboxylic acids is 1. The van der Waals surface area contributed by atoms with Gasteiger partial charge in [-0.25, -0.2) is 17.2 Å². The molecular formula is C15H14F2N2O3S. The predicted molar refractivity (Wildman–Crippen MR) is 82.6 cm³/mol. The molecule has 0 fully saturated rings. The third kappa shape index (κ3) is 4.04. The van der Waals surface area contributed by atoms with E-state index >= 15 is 0 Å². The van der Waals surface area contributed by atoms with Crippen molar-refractivity contribution in [3.05, 3.63) is 53.6 Å². The number of hydrogen-bond donors (Lipinski definition) is 2. The average molecular weight is 340 g/mol. The standard InChI is InChI=1S/C15H14F2N2O3S/c1-9-7-11(16)4-6-15(9)23(21,22)19-14-8-12(17)3-5-13(14)18-10(2)20/h3-8,19H,1-2H3,(H,18,20). The number of halogens is 2. The van der Waals surface area contributed by atoms with Crippen LogP contribution >= 0.6 is 0 Å². The lowest BCUT2D eigenvalue weighted by Gasteiger charge is -2.14. The summed E-state index contributed by atoms with van der Waals surface area (Å²) in [7, 11) is -4.07. The number of sulfonamides is 1. The summed E-state index contributed by atoms with van der Waals surface area (Å²) in [5, 5.41) is 2.41. The second kappa shape index (κ2) is 6.33. The fraction of sp³-hybridized carbons (Fsp3) is 0.133. The molecule has 0 saturated heterocycles. The molecule has 5 nitrogen and oxygen atoms in total. The summed E-state index contributed by atoms with van der Waals surface area (Å²) in [5.41, 5.74) is 0.196. The largest absolute Gasteiger partial charge is 0.325 e. The Morgan fingerprint density at radius 2 is 1.61 bits per heavy atom. The van der Waals surface area contributed by atoms with Gasteiger partial charge in [0.2, 0.25) is 5.91 Å². The molecule has 0 aliphatic heterocycles. The minimum Gasteiger partial charge on any atom is -0.325 e. The number of anilines is 2. The van der Waals surface area contributed by atoms with E-state index in [-0.39, 0.29) is 21.8 Å². The van der Waals surface area contributed by atoms with Crippen molar-refractivity contribution >= 4 is 27.3 Å². The van der Waals surface area contributed by atoms with Gasteiger partial charge < -0.3 is 5.32 Å². The molecule has 122 valence electrons. The van der Waals surface area contributed by atoms with Crippen molar-refractivity contribution in [2.45, 2.75) is 18.7 Å². The number of carbonyl (C=O) groups is 1. The molecule has 2 aromatic carbocycles. The molecule has 0 heterocycles. The lowest BCUT2D eigenvalue weighted by atomic mass is 10.2. The average Bonchev–Trinajstić information content (AvgIpc) is 2.40. The van der Waals surface area contributed by atoms with Crippen molar-refractivity contribution in [1.82, 2.24) is 0 Å². The van der Waals surface area contributed by atoms with Crippen LogP contribution in [0.3, 0.4) is 0 Å². The number of benzene rings is 2. The van der Waals surface area contributed by atoms with Gasteiger partial charge in [0.1, 0.15) is 11.6 Å². The van der Waals surface area contributed by atoms with Crippen molar-refractivity contribution in [3.63, 3.8) is 0 Å². The van der Waals surface area contributed by atoms with Crippen molar-refractivity contribution in [3.8, 4) is 0 Å². The van der Waals surface area contributed by atoms with Gasteiger partial charge in [0.25, 0.3) is 10.0 Å². The molecule has 0 unspecified atom stereocenters. The molecule has 8 heteroatoms. The van der Waals surface area contributed by atoms with Crippen LogP contribution in [-0.2, 0) is 14.8 Å². The number of hydrogen-bond acceptors (Lipinski definition) is 3. The summed E-state index contributed by atoms with van der Waals surface area (Å²) in [5.74, 6) is -1.67. The Balaban J connectivity index is 2.44. The quantitative estimate of drug-likeness (QED) is 0.898. The smallest absolute Gasteiger partial charge is 0.262 e. The van der Waals surface area contributed by atoms with Gasteiger partial charge in [-0.3, -0.25) is 9.52 Å². The van der Waals surface area contributed by atoms with E-state index < -0.39 is 27.6 Å². The zero-order chi connectivity index (χ0) is 17.2. The van der Waals surface area contributed by atoms with E-state index in [1.165, 1.54) is 19.9 Å². The Bertz CT molecular complexity index is 867. The number of nitrogens with one attached hydrogen (secondary N) is 2. The Morgan fingerprint density at radius 1 is 1.00 bits per heavy atom. The van der Waals surface area contributed by atoms with E-state index in [9.17, 15) is 22.0 Å². The maximum atomic E-state index is 13.4. The zero-order valence-corrected chi connectivity index (χ0v) is 13.2. The summed E-state index contributed by atoms with van der Waals surface area (Å²) in [6.07, 6.45) is 0. The van der Waals surface area contributed by atoms with Gasteiger partial charge in [0.05, 0.1) is 16.3 Å². The molecule has 2 rings (SSSR count). The monoisotopic (exact) mass is 340 g/mol. The Morgan fingerprint density at radius 3 is 2.22 bits per heavy atom. The fourth-order valence-corrected chi connectivity index (χ4v) is 3.31. The molecule has 0 spiro atoms. The number of amides is 1. The van der Waals surface area contributed by atoms with Crippen LogP contribution < -0.4 is 10.0 Å². The first-order valence-corrected chi connectivity index (χ1v) is 8.03. The molecular weight excluding hydrogens is 326 g/mol. The van der Waals surface area contributed by atoms with Crippen LogP contribution in [0.2, 0.25) is 0 Å². The first kappa shape index (κ1) is 16.9. The fourth-order valence-electron chi connectivity index (χ4n) is 2.01. The van der Waals surface area contributed by atoms with Crippen LogP contribution in [0.15, 0.2) is 41.3 Å². The molecule has 23 heavy (non-hydrogen) atoms. The Labute approximate surface area is 132 Å². The summed E-state index contributed by atoms with van der Waals surface area (Å²) in [4.78, 5) is 11.0. The first-order valence-electron chi connectivity index (χ1n) is 6.55. The van der Waals surface area contributed by atoms with Crippen molar-refractivity contribution in [2.75, 3.05) is 10.0 Å². The third-order valence-electron chi connectivity index (χ3n) is 2.96. The van der Waals surface area contributed by atoms with Gasteiger partial charge in [0, 0.05) is 13.0 Å². The highest BCUT2D eigenvalue weighted by Gasteiger charge is 2.19. The van der Waals surface area contributed by atoms with E-state index in [2.05, 4.69) is 10.0 Å². The van der Waals surface area contributed by atoms with Gasteiger partial charge in [-0.2, -0.15) is 0 Å². The van der Waals surface area contributed by atoms with Crippen LogP contribution in [-0.4, -0.2) is 14.3 Å². The molecule has 0 saturated carbocycles. The summed E-state index contributed by atoms with van der Waals surface area (Å²) in [6.45, 7) is 2.68. The lowest BCUT2D eigenvalue weighted by molar-refractivity contribution is -0.114. The molecule has 2 aromatic rings. The van der Waals surface area contributed by atoms with Crippen LogP contribution in [0.25, 0.3) is 0 Å². The lowest BCUT2D eigenvalue weighted by Crippen LogP contribution is -2.17. The third-order valence-corrected chi connectivity index (χ3v) is 4.49. The van der Waals surface area contributed by atoms with Gasteiger partial charge in [-0.1, -0.05) is 0 Å². The second-order valence-electron chi connectivity index (χ2n) is 4.89. The van der Waals surface area contributed by atoms with E-state index in [1.54, 1.807) is 0 Å². The van der Waals surface area contributed by atoms with Crippen molar-refractivity contribution in [2.24, 2.45) is 0 Å². The topological polar surface area (TPSA) is 75.3 Å². The maximum absolute atomic E-state index is 13.4. The van der Waals surface area contributed by atoms with Crippen LogP contribution in [0.5, 0.6) is 0 Å². The first-order chi connectivity index (χ1) is 10.7. The summed E-state index contributed by atoms with van der Waals surface area (Å²) >= 11 is 0. The van der Waals surface area contributed by atoms with E-state index in [0.717, 1.165) is 30.3 Å². The normalized spacial score (nSPS) is 11.1. The molecule has 0 bridgehead atoms. The van der Waals surface area contributed by atoms with E-state index in [1.807, 2.05) is 0 Å². The highest BCUT2D eigenvalue weighted by Crippen LogP contribution is 2.27. The van der Waals surface area contributed by atoms with Gasteiger partial charge in [-0.15, -0.1) is 0 Å². The SMILES string of the molecule is CC(=O)Nc1ccc(F)cc1NS(=O)(=O)c1ccc(F)cc1C. The molecule has 0 aliphatic carbocycles. The minimum atomic E-state index is -4.07. The van der Waals surface area contributed by atoms with Crippen LogP contribution in [0.4, 0.5) is 20.2 Å². The second-order valence-corrected chi connectivity index (χ2v) is 6.54. The highest BCUT2D eigenvalue weighted by molar-refractivity contribution is 7.92. The van der Waals surface area contributed by atoms with E-state index in [0.29, 0.717) is 0 Å². The Hall–Kier alpha value is -2.48. The summed E-state index contributed by atoms with van der Waals surface area (Å²) < 4.78 is 53.5. The van der Waals surface area contributed by atoms with Crippen molar-refractivity contribution in [1.29, 1.82) is 0 Å². The van der Waals surface area contributed by atoms with Gasteiger partial charge >= 0.3 is 0 Å². The minimum absolute atomic E-state index is 0.113. The molecule has 1 amide bonds.